The Morgan fingerprint density at radius 1 is 1.86 bits per heavy atom. The maximum atomic E-state index is 4.57. The SMILES string of the molecule is C=NOCCSC. The normalized spacial score (nSPS) is 8.14. The van der Waals surface area contributed by atoms with Gasteiger partial charge in [-0.25, -0.2) is 0 Å². The Labute approximate surface area is 47.9 Å². The molecule has 7 heavy (non-hydrogen) atoms. The molecule has 42 valence electrons. The van der Waals surface area contributed by atoms with Crippen molar-refractivity contribution in [3.8, 4) is 0 Å². The van der Waals surface area contributed by atoms with Gasteiger partial charge in [0.1, 0.15) is 6.61 Å². The molecule has 0 aromatic rings. The Bertz CT molecular complexity index is 49.0. The van der Waals surface area contributed by atoms with E-state index >= 15 is 0 Å². The fraction of sp³-hybridized carbons (Fsp3) is 0.750. The molecular weight excluding hydrogens is 110 g/mol. The van der Waals surface area contributed by atoms with Gasteiger partial charge in [-0.3, -0.25) is 0 Å². The van der Waals surface area contributed by atoms with Gasteiger partial charge in [0.2, 0.25) is 0 Å². The number of oxime groups is 1. The second-order valence-corrected chi connectivity index (χ2v) is 1.94. The third kappa shape index (κ3) is 5.82. The van der Waals surface area contributed by atoms with E-state index in [1.165, 1.54) is 0 Å². The molecule has 0 spiro atoms. The van der Waals surface area contributed by atoms with Crippen LogP contribution in [0.15, 0.2) is 5.16 Å². The number of thioether (sulfide) groups is 1. The van der Waals surface area contributed by atoms with Crippen molar-refractivity contribution in [2.45, 2.75) is 0 Å². The van der Waals surface area contributed by atoms with E-state index < -0.39 is 0 Å². The molecule has 0 saturated carbocycles. The first kappa shape index (κ1) is 6.82. The smallest absolute Gasteiger partial charge is 0.126 e. The van der Waals surface area contributed by atoms with Gasteiger partial charge in [-0.1, -0.05) is 0 Å². The number of hydrogen-bond donors (Lipinski definition) is 0. The van der Waals surface area contributed by atoms with Crippen LogP contribution in [0.3, 0.4) is 0 Å². The van der Waals surface area contributed by atoms with E-state index in [1.54, 1.807) is 11.8 Å². The lowest BCUT2D eigenvalue weighted by Gasteiger charge is -1.91. The third-order valence-corrected chi connectivity index (χ3v) is 1.04. The van der Waals surface area contributed by atoms with Crippen LogP contribution in [-0.4, -0.2) is 25.3 Å². The Morgan fingerprint density at radius 2 is 2.57 bits per heavy atom. The summed E-state index contributed by atoms with van der Waals surface area (Å²) in [6.07, 6.45) is 2.02. The van der Waals surface area contributed by atoms with Crippen molar-refractivity contribution >= 4 is 18.5 Å². The van der Waals surface area contributed by atoms with Gasteiger partial charge in [0.05, 0.1) is 0 Å². The molecule has 3 heteroatoms. The van der Waals surface area contributed by atoms with Crippen LogP contribution < -0.4 is 0 Å². The van der Waals surface area contributed by atoms with Gasteiger partial charge >= 0.3 is 0 Å². The van der Waals surface area contributed by atoms with Crippen LogP contribution in [0, 0.1) is 0 Å². The van der Waals surface area contributed by atoms with Crippen LogP contribution in [0.4, 0.5) is 0 Å². The molecule has 0 saturated heterocycles. The molecule has 0 heterocycles. The lowest BCUT2D eigenvalue weighted by molar-refractivity contribution is 0.164. The van der Waals surface area contributed by atoms with Crippen LogP contribution in [0.1, 0.15) is 0 Å². The minimum absolute atomic E-state index is 0.671. The Morgan fingerprint density at radius 3 is 3.00 bits per heavy atom. The quantitative estimate of drug-likeness (QED) is 0.312. The lowest BCUT2D eigenvalue weighted by Crippen LogP contribution is -1.88. The van der Waals surface area contributed by atoms with Crippen molar-refractivity contribution in [3.05, 3.63) is 0 Å². The van der Waals surface area contributed by atoms with Crippen LogP contribution in [0.5, 0.6) is 0 Å². The fourth-order valence-electron chi connectivity index (χ4n) is 0.185. The lowest BCUT2D eigenvalue weighted by atomic mass is 10.9. The summed E-state index contributed by atoms with van der Waals surface area (Å²) >= 11 is 1.73. The standard InChI is InChI=1S/C4H9NOS/c1-5-6-3-4-7-2/h1,3-4H2,2H3. The molecule has 0 aromatic carbocycles. The van der Waals surface area contributed by atoms with Gasteiger partial charge in [0.25, 0.3) is 0 Å². The number of hydrogen-bond acceptors (Lipinski definition) is 3. The van der Waals surface area contributed by atoms with Crippen LogP contribution >= 0.6 is 11.8 Å². The highest BCUT2D eigenvalue weighted by molar-refractivity contribution is 7.98. The zero-order valence-electron chi connectivity index (χ0n) is 4.39. The largest absolute Gasteiger partial charge is 0.395 e. The van der Waals surface area contributed by atoms with Gasteiger partial charge in [0, 0.05) is 12.5 Å². The van der Waals surface area contributed by atoms with E-state index in [2.05, 4.69) is 16.7 Å². The summed E-state index contributed by atoms with van der Waals surface area (Å²) in [5, 5.41) is 3.21. The molecule has 0 aromatic heterocycles. The predicted octanol–water partition coefficient (Wildman–Crippen LogP) is 0.982. The highest BCUT2D eigenvalue weighted by Gasteiger charge is 1.77. The third-order valence-electron chi connectivity index (χ3n) is 0.470. The highest BCUT2D eigenvalue weighted by Crippen LogP contribution is 1.89. The minimum Gasteiger partial charge on any atom is -0.395 e. The van der Waals surface area contributed by atoms with Crippen molar-refractivity contribution in [1.29, 1.82) is 0 Å². The Balaban J connectivity index is 2.56. The zero-order chi connectivity index (χ0) is 5.54. The van der Waals surface area contributed by atoms with Crippen molar-refractivity contribution < 1.29 is 4.84 Å². The van der Waals surface area contributed by atoms with E-state index in [9.17, 15) is 0 Å². The van der Waals surface area contributed by atoms with Gasteiger partial charge in [0.15, 0.2) is 0 Å². The topological polar surface area (TPSA) is 21.6 Å². The van der Waals surface area contributed by atoms with E-state index in [1.807, 2.05) is 6.26 Å². The molecule has 0 N–H and O–H groups in total. The van der Waals surface area contributed by atoms with Gasteiger partial charge in [-0.05, 0) is 6.26 Å². The first-order valence-corrected chi connectivity index (χ1v) is 3.38. The fourth-order valence-corrected chi connectivity index (χ4v) is 0.426. The molecule has 0 rings (SSSR count). The monoisotopic (exact) mass is 119 g/mol. The first-order chi connectivity index (χ1) is 3.41. The molecule has 0 bridgehead atoms. The molecule has 0 fully saturated rings. The second-order valence-electron chi connectivity index (χ2n) is 0.955. The molecule has 0 aliphatic heterocycles. The zero-order valence-corrected chi connectivity index (χ0v) is 5.20. The molecule has 0 atom stereocenters. The van der Waals surface area contributed by atoms with Crippen molar-refractivity contribution in [2.24, 2.45) is 5.16 Å². The first-order valence-electron chi connectivity index (χ1n) is 1.98. The summed E-state index contributed by atoms with van der Waals surface area (Å²) in [5.41, 5.74) is 0. The Kier molecular flexibility index (Phi) is 5.67. The molecular formula is C4H9NOS. The molecule has 0 aliphatic carbocycles. The van der Waals surface area contributed by atoms with Crippen molar-refractivity contribution in [2.75, 3.05) is 18.6 Å². The predicted molar refractivity (Wildman–Crippen MR) is 33.9 cm³/mol. The van der Waals surface area contributed by atoms with Crippen molar-refractivity contribution in [1.82, 2.24) is 0 Å². The van der Waals surface area contributed by atoms with Crippen LogP contribution in [0.25, 0.3) is 0 Å². The highest BCUT2D eigenvalue weighted by atomic mass is 32.2. The average molecular weight is 119 g/mol. The van der Waals surface area contributed by atoms with E-state index in [0.29, 0.717) is 6.61 Å². The van der Waals surface area contributed by atoms with Gasteiger partial charge in [-0.2, -0.15) is 11.8 Å². The molecule has 0 unspecified atom stereocenters. The van der Waals surface area contributed by atoms with E-state index in [0.717, 1.165) is 5.75 Å². The summed E-state index contributed by atoms with van der Waals surface area (Å²) in [6, 6.07) is 0. The minimum atomic E-state index is 0.671. The van der Waals surface area contributed by atoms with E-state index in [-0.39, 0.29) is 0 Å². The second kappa shape index (κ2) is 5.82. The molecule has 0 amide bonds. The summed E-state index contributed by atoms with van der Waals surface area (Å²) in [7, 11) is 0. The van der Waals surface area contributed by atoms with Crippen LogP contribution in [-0.2, 0) is 4.84 Å². The molecule has 0 radical (unpaired) electrons. The van der Waals surface area contributed by atoms with Crippen LogP contribution in [0.2, 0.25) is 0 Å². The average Bonchev–Trinajstić information content (AvgIpc) is 1.69. The summed E-state index contributed by atoms with van der Waals surface area (Å²) in [4.78, 5) is 4.57. The van der Waals surface area contributed by atoms with Crippen molar-refractivity contribution in [3.63, 3.8) is 0 Å². The maximum Gasteiger partial charge on any atom is 0.126 e. The van der Waals surface area contributed by atoms with Gasteiger partial charge in [-0.15, -0.1) is 5.16 Å². The summed E-state index contributed by atoms with van der Waals surface area (Å²) < 4.78 is 0. The van der Waals surface area contributed by atoms with Gasteiger partial charge < -0.3 is 4.84 Å². The Hall–Kier alpha value is -0.180. The molecule has 0 aliphatic rings. The summed E-state index contributed by atoms with van der Waals surface area (Å²) in [6.45, 7) is 3.82. The number of nitrogens with zero attached hydrogens (tertiary/aromatic N) is 1. The van der Waals surface area contributed by atoms with E-state index in [4.69, 9.17) is 0 Å². The number of rotatable bonds is 4. The summed E-state index contributed by atoms with van der Waals surface area (Å²) in [5.74, 6) is 0.985. The maximum absolute atomic E-state index is 4.57. The molecule has 2 nitrogen and oxygen atoms in total.